The fraction of sp³-hybridized carbons (Fsp3) is 0.111. The number of aromatic nitrogens is 3. The van der Waals surface area contributed by atoms with Crippen molar-refractivity contribution in [1.29, 1.82) is 0 Å². The van der Waals surface area contributed by atoms with Crippen molar-refractivity contribution in [3.05, 3.63) is 126 Å². The molecule has 5 rings (SSSR count). The summed E-state index contributed by atoms with van der Waals surface area (Å²) in [7, 11) is 1.57. The van der Waals surface area contributed by atoms with Crippen LogP contribution in [0.3, 0.4) is 0 Å². The van der Waals surface area contributed by atoms with E-state index in [2.05, 4.69) is 10.1 Å². The SMILES string of the molecule is COc1cc(C=c2sc3nc(=O)c(Cc4ccccc4)nn3c2=O)ccc1OCc1ccccc1. The molecule has 174 valence electrons. The number of rotatable bonds is 7. The van der Waals surface area contributed by atoms with Gasteiger partial charge in [-0.1, -0.05) is 78.1 Å². The van der Waals surface area contributed by atoms with E-state index in [1.165, 1.54) is 4.52 Å². The van der Waals surface area contributed by atoms with Gasteiger partial charge in [-0.25, -0.2) is 0 Å². The number of hydrogen-bond donors (Lipinski definition) is 0. The number of fused-ring (bicyclic) bond motifs is 1. The fourth-order valence-electron chi connectivity index (χ4n) is 3.62. The molecule has 8 heteroatoms. The topological polar surface area (TPSA) is 82.8 Å². The van der Waals surface area contributed by atoms with Gasteiger partial charge >= 0.3 is 0 Å². The Morgan fingerprint density at radius 1 is 0.914 bits per heavy atom. The van der Waals surface area contributed by atoms with Gasteiger partial charge in [0.1, 0.15) is 12.3 Å². The maximum Gasteiger partial charge on any atom is 0.296 e. The highest BCUT2D eigenvalue weighted by Crippen LogP contribution is 2.29. The third-order valence-corrected chi connectivity index (χ3v) is 6.35. The molecule has 0 aliphatic heterocycles. The molecule has 0 aliphatic rings. The lowest BCUT2D eigenvalue weighted by molar-refractivity contribution is 0.284. The van der Waals surface area contributed by atoms with E-state index in [1.54, 1.807) is 19.3 Å². The molecular formula is C27H21N3O4S. The number of nitrogens with zero attached hydrogens (tertiary/aromatic N) is 3. The van der Waals surface area contributed by atoms with E-state index < -0.39 is 5.56 Å². The van der Waals surface area contributed by atoms with Crippen LogP contribution in [0.15, 0.2) is 88.5 Å². The summed E-state index contributed by atoms with van der Waals surface area (Å²) < 4.78 is 13.0. The molecule has 0 aliphatic carbocycles. The van der Waals surface area contributed by atoms with Crippen molar-refractivity contribution in [2.75, 3.05) is 7.11 Å². The van der Waals surface area contributed by atoms with Gasteiger partial charge in [-0.15, -0.1) is 0 Å². The van der Waals surface area contributed by atoms with Gasteiger partial charge in [0, 0.05) is 6.42 Å². The first-order chi connectivity index (χ1) is 17.1. The van der Waals surface area contributed by atoms with Crippen LogP contribution < -0.4 is 25.1 Å². The lowest BCUT2D eigenvalue weighted by Crippen LogP contribution is -2.28. The predicted molar refractivity (Wildman–Crippen MR) is 135 cm³/mol. The smallest absolute Gasteiger partial charge is 0.296 e. The molecule has 3 aromatic carbocycles. The Morgan fingerprint density at radius 2 is 1.63 bits per heavy atom. The van der Waals surface area contributed by atoms with Crippen LogP contribution >= 0.6 is 11.3 Å². The summed E-state index contributed by atoms with van der Waals surface area (Å²) in [6, 6.07) is 24.8. The van der Waals surface area contributed by atoms with Crippen molar-refractivity contribution in [3.8, 4) is 11.5 Å². The van der Waals surface area contributed by atoms with Crippen molar-refractivity contribution in [1.82, 2.24) is 14.6 Å². The summed E-state index contributed by atoms with van der Waals surface area (Å²) >= 11 is 1.12. The minimum absolute atomic E-state index is 0.233. The molecule has 0 atom stereocenters. The van der Waals surface area contributed by atoms with Crippen LogP contribution in [0.1, 0.15) is 22.4 Å². The number of hydrogen-bond acceptors (Lipinski definition) is 7. The standard InChI is InChI=1S/C27H21N3O4S/c1-33-23-15-20(12-13-22(23)34-17-19-10-6-3-7-11-19)16-24-26(32)30-27(35-24)28-25(31)21(29-30)14-18-8-4-2-5-9-18/h2-13,15-16H,14,17H2,1H3. The van der Waals surface area contributed by atoms with Crippen LogP contribution in [0.5, 0.6) is 11.5 Å². The molecule has 0 N–H and O–H groups in total. The maximum absolute atomic E-state index is 13.0. The van der Waals surface area contributed by atoms with Gasteiger partial charge in [-0.3, -0.25) is 9.59 Å². The van der Waals surface area contributed by atoms with Gasteiger partial charge in [0.05, 0.1) is 11.6 Å². The minimum atomic E-state index is -0.428. The van der Waals surface area contributed by atoms with Crippen molar-refractivity contribution in [2.45, 2.75) is 13.0 Å². The van der Waals surface area contributed by atoms with Crippen LogP contribution in [0.25, 0.3) is 11.0 Å². The van der Waals surface area contributed by atoms with Crippen molar-refractivity contribution < 1.29 is 9.47 Å². The van der Waals surface area contributed by atoms with Crippen LogP contribution in [-0.2, 0) is 13.0 Å². The Hall–Kier alpha value is -4.30. The average molecular weight is 484 g/mol. The van der Waals surface area contributed by atoms with Gasteiger partial charge in [-0.2, -0.15) is 14.6 Å². The summed E-state index contributed by atoms with van der Waals surface area (Å²) in [5, 5.41) is 4.31. The lowest BCUT2D eigenvalue weighted by atomic mass is 10.1. The van der Waals surface area contributed by atoms with E-state index in [0.717, 1.165) is 28.0 Å². The quantitative estimate of drug-likeness (QED) is 0.354. The molecule has 0 fully saturated rings. The second-order valence-corrected chi connectivity index (χ2v) is 8.83. The summed E-state index contributed by atoms with van der Waals surface area (Å²) in [6.07, 6.45) is 2.04. The van der Waals surface area contributed by atoms with E-state index in [9.17, 15) is 9.59 Å². The summed E-state index contributed by atoms with van der Waals surface area (Å²) in [5.41, 5.74) is 2.21. The van der Waals surface area contributed by atoms with Crippen LogP contribution in [0.4, 0.5) is 0 Å². The van der Waals surface area contributed by atoms with Crippen molar-refractivity contribution >= 4 is 22.4 Å². The number of thiazole rings is 1. The van der Waals surface area contributed by atoms with Crippen molar-refractivity contribution in [3.63, 3.8) is 0 Å². The number of methoxy groups -OCH3 is 1. The van der Waals surface area contributed by atoms with Crippen LogP contribution in [0.2, 0.25) is 0 Å². The highest BCUT2D eigenvalue weighted by molar-refractivity contribution is 7.15. The second kappa shape index (κ2) is 9.90. The molecule has 0 spiro atoms. The van der Waals surface area contributed by atoms with E-state index in [0.29, 0.717) is 29.1 Å². The van der Waals surface area contributed by atoms with Crippen LogP contribution in [0, 0.1) is 0 Å². The minimum Gasteiger partial charge on any atom is -0.493 e. The molecule has 0 unspecified atom stereocenters. The summed E-state index contributed by atoms with van der Waals surface area (Å²) in [6.45, 7) is 0.415. The molecule has 0 radical (unpaired) electrons. The molecule has 2 aromatic heterocycles. The maximum atomic E-state index is 13.0. The summed E-state index contributed by atoms with van der Waals surface area (Å²) in [5.74, 6) is 1.16. The average Bonchev–Trinajstić information content (AvgIpc) is 3.18. The molecule has 2 heterocycles. The van der Waals surface area contributed by atoms with Gasteiger partial charge in [0.15, 0.2) is 11.5 Å². The first-order valence-corrected chi connectivity index (χ1v) is 11.8. The Kier molecular flexibility index (Phi) is 6.36. The highest BCUT2D eigenvalue weighted by atomic mass is 32.1. The Labute approximate surface area is 204 Å². The van der Waals surface area contributed by atoms with E-state index in [4.69, 9.17) is 9.47 Å². The Bertz CT molecular complexity index is 1650. The van der Waals surface area contributed by atoms with Gasteiger partial charge < -0.3 is 9.47 Å². The molecule has 0 saturated carbocycles. The molecule has 0 amide bonds. The third-order valence-electron chi connectivity index (χ3n) is 5.39. The fourth-order valence-corrected chi connectivity index (χ4v) is 4.53. The predicted octanol–water partition coefficient (Wildman–Crippen LogP) is 3.24. The zero-order valence-electron chi connectivity index (χ0n) is 18.9. The zero-order chi connectivity index (χ0) is 24.2. The largest absolute Gasteiger partial charge is 0.493 e. The molecule has 0 saturated heterocycles. The van der Waals surface area contributed by atoms with Gasteiger partial charge in [0.2, 0.25) is 4.96 Å². The molecule has 5 aromatic rings. The first-order valence-electron chi connectivity index (χ1n) is 10.9. The van der Waals surface area contributed by atoms with Crippen molar-refractivity contribution in [2.24, 2.45) is 0 Å². The second-order valence-electron chi connectivity index (χ2n) is 7.82. The number of benzene rings is 3. The molecular weight excluding hydrogens is 462 g/mol. The Morgan fingerprint density at radius 3 is 2.34 bits per heavy atom. The molecule has 0 bridgehead atoms. The normalized spacial score (nSPS) is 11.6. The van der Waals surface area contributed by atoms with E-state index in [1.807, 2.05) is 72.8 Å². The highest BCUT2D eigenvalue weighted by Gasteiger charge is 2.12. The van der Waals surface area contributed by atoms with Crippen LogP contribution in [-0.4, -0.2) is 21.7 Å². The first kappa shape index (κ1) is 22.5. The molecule has 35 heavy (non-hydrogen) atoms. The third kappa shape index (κ3) is 4.97. The van der Waals surface area contributed by atoms with Gasteiger partial charge in [-0.05, 0) is 34.9 Å². The summed E-state index contributed by atoms with van der Waals surface area (Å²) in [4.78, 5) is 29.8. The van der Waals surface area contributed by atoms with E-state index >= 15 is 0 Å². The van der Waals surface area contributed by atoms with Gasteiger partial charge in [0.25, 0.3) is 11.1 Å². The lowest BCUT2D eigenvalue weighted by Gasteiger charge is -2.11. The number of ether oxygens (including phenoxy) is 2. The monoisotopic (exact) mass is 483 g/mol. The Balaban J connectivity index is 1.45. The zero-order valence-corrected chi connectivity index (χ0v) is 19.7. The molecule has 7 nitrogen and oxygen atoms in total. The van der Waals surface area contributed by atoms with E-state index in [-0.39, 0.29) is 16.2 Å².